The van der Waals surface area contributed by atoms with Gasteiger partial charge in [0.2, 0.25) is 0 Å². The molecule has 0 fully saturated rings. The third kappa shape index (κ3) is 36.0. The topological polar surface area (TPSA) is 47.6 Å². The highest BCUT2D eigenvalue weighted by molar-refractivity contribution is 7.99. The smallest absolute Gasteiger partial charge is 0.405 e. The molecule has 8 heteroatoms. The minimum absolute atomic E-state index is 0.480. The molecule has 0 saturated carbocycles. The standard InChI is InChI=1S/C55H99N2O3PS2/c1-6-8-10-12-15-21-33-43-55(63-51-53-40-30-27-31-41-53)45-35-23-17-19-25-37-49-60-61(58,56-46-47-57(3,4)5)59-48-36-24-18-14-16-22-34-44-54(42-32-20-13-11-9-7-2)62-50-52-38-28-26-29-39-52/h26-31,38-41,54-55H,3,6-25,32-37,42-51H2,1-2,4-5H3,(H,56,58). The van der Waals surface area contributed by atoms with Crippen molar-refractivity contribution < 1.29 is 18.1 Å². The Labute approximate surface area is 400 Å². The maximum absolute atomic E-state index is 13.8. The van der Waals surface area contributed by atoms with E-state index in [9.17, 15) is 4.57 Å². The molecule has 5 nitrogen and oxygen atoms in total. The third-order valence-electron chi connectivity index (χ3n) is 12.3. The molecular formula is C55H99N2O3PS2. The molecule has 3 atom stereocenters. The van der Waals surface area contributed by atoms with Gasteiger partial charge in [-0.1, -0.05) is 229 Å². The Kier molecular flexibility index (Phi) is 37.3. The first-order chi connectivity index (χ1) is 30.7. The van der Waals surface area contributed by atoms with Gasteiger partial charge in [0, 0.05) is 36.1 Å². The summed E-state index contributed by atoms with van der Waals surface area (Å²) in [4.78, 5) is 0. The van der Waals surface area contributed by atoms with Crippen molar-refractivity contribution in [3.8, 4) is 0 Å². The molecule has 0 radical (unpaired) electrons. The van der Waals surface area contributed by atoms with Crippen molar-refractivity contribution >= 4 is 31.3 Å². The van der Waals surface area contributed by atoms with Crippen LogP contribution in [0.25, 0.3) is 0 Å². The van der Waals surface area contributed by atoms with Gasteiger partial charge in [-0.15, -0.1) is 7.05 Å². The zero-order valence-corrected chi connectivity index (χ0v) is 44.1. The number of benzene rings is 2. The molecule has 364 valence electrons. The maximum atomic E-state index is 13.8. The molecule has 0 aliphatic heterocycles. The zero-order valence-electron chi connectivity index (χ0n) is 41.5. The van der Waals surface area contributed by atoms with E-state index in [2.05, 4.69) is 110 Å². The monoisotopic (exact) mass is 931 g/mol. The summed E-state index contributed by atoms with van der Waals surface area (Å²) in [6, 6.07) is 22.0. The highest BCUT2D eigenvalue weighted by atomic mass is 32.2. The van der Waals surface area contributed by atoms with Crippen molar-refractivity contribution in [3.05, 3.63) is 78.8 Å². The lowest BCUT2D eigenvalue weighted by Gasteiger charge is -2.33. The van der Waals surface area contributed by atoms with Crippen LogP contribution in [0, 0.1) is 7.05 Å². The maximum Gasteiger partial charge on any atom is 0.405 e. The van der Waals surface area contributed by atoms with E-state index in [4.69, 9.17) is 9.05 Å². The summed E-state index contributed by atoms with van der Waals surface area (Å²) in [5, 5.41) is 4.71. The first-order valence-electron chi connectivity index (χ1n) is 26.4. The van der Waals surface area contributed by atoms with Crippen molar-refractivity contribution in [1.82, 2.24) is 5.09 Å². The minimum atomic E-state index is -3.34. The van der Waals surface area contributed by atoms with Gasteiger partial charge in [0.25, 0.3) is 0 Å². The van der Waals surface area contributed by atoms with Gasteiger partial charge in [0.1, 0.15) is 0 Å². The number of hydrogen-bond donors (Lipinski definition) is 1. The average molecular weight is 932 g/mol. The van der Waals surface area contributed by atoms with E-state index in [-0.39, 0.29) is 0 Å². The van der Waals surface area contributed by atoms with Crippen molar-refractivity contribution in [2.45, 2.75) is 228 Å². The summed E-state index contributed by atoms with van der Waals surface area (Å²) >= 11 is 4.37. The fraction of sp³-hybridized carbons (Fsp3) is 0.764. The molecule has 0 spiro atoms. The van der Waals surface area contributed by atoms with E-state index in [1.807, 2.05) is 14.1 Å². The number of likely N-dealkylation sites (N-methyl/N-ethyl adjacent to an activating group) is 1. The van der Waals surface area contributed by atoms with Gasteiger partial charge in [-0.3, -0.25) is 9.05 Å². The number of quaternary nitrogens is 1. The van der Waals surface area contributed by atoms with Crippen LogP contribution in [0.3, 0.4) is 0 Å². The quantitative estimate of drug-likeness (QED) is 0.0309. The van der Waals surface area contributed by atoms with Crippen LogP contribution in [0.1, 0.15) is 218 Å². The predicted molar refractivity (Wildman–Crippen MR) is 283 cm³/mol. The Morgan fingerprint density at radius 2 is 0.825 bits per heavy atom. The van der Waals surface area contributed by atoms with Crippen molar-refractivity contribution in [1.29, 1.82) is 0 Å². The summed E-state index contributed by atoms with van der Waals surface area (Å²) in [6.07, 6.45) is 39.1. The molecule has 0 heterocycles. The van der Waals surface area contributed by atoms with Gasteiger partial charge in [0.05, 0.1) is 26.3 Å². The molecule has 1 N–H and O–H groups in total. The van der Waals surface area contributed by atoms with Gasteiger partial charge < -0.3 is 4.48 Å². The lowest BCUT2D eigenvalue weighted by Crippen LogP contribution is -2.38. The molecule has 2 aromatic rings. The van der Waals surface area contributed by atoms with Crippen LogP contribution in [0.4, 0.5) is 0 Å². The Balaban J connectivity index is 1.61. The van der Waals surface area contributed by atoms with Gasteiger partial charge in [-0.25, -0.2) is 9.65 Å². The largest absolute Gasteiger partial charge is 0.461 e. The molecule has 63 heavy (non-hydrogen) atoms. The Bertz CT molecular complexity index is 1310. The normalized spacial score (nSPS) is 13.9. The second kappa shape index (κ2) is 40.3. The number of hydrogen-bond acceptors (Lipinski definition) is 5. The summed E-state index contributed by atoms with van der Waals surface area (Å²) in [6.45, 7) is 6.88. The van der Waals surface area contributed by atoms with E-state index in [0.717, 1.165) is 54.2 Å². The number of rotatable bonds is 46. The van der Waals surface area contributed by atoms with E-state index in [1.54, 1.807) is 0 Å². The molecule has 3 unspecified atom stereocenters. The van der Waals surface area contributed by atoms with Crippen LogP contribution in [0.5, 0.6) is 0 Å². The van der Waals surface area contributed by atoms with Gasteiger partial charge in [0.15, 0.2) is 0 Å². The summed E-state index contributed by atoms with van der Waals surface area (Å²) in [5.41, 5.74) is 2.91. The first kappa shape index (κ1) is 58.3. The average Bonchev–Trinajstić information content (AvgIpc) is 3.27. The van der Waals surface area contributed by atoms with Crippen LogP contribution in [-0.2, 0) is 25.1 Å². The lowest BCUT2D eigenvalue weighted by atomic mass is 10.0. The van der Waals surface area contributed by atoms with Crippen LogP contribution in [0.2, 0.25) is 0 Å². The molecule has 0 aliphatic carbocycles. The fourth-order valence-corrected chi connectivity index (χ4v) is 12.2. The lowest BCUT2D eigenvalue weighted by molar-refractivity contribution is -0.844. The summed E-state index contributed by atoms with van der Waals surface area (Å²) < 4.78 is 26.3. The molecular weight excluding hydrogens is 832 g/mol. The van der Waals surface area contributed by atoms with Crippen LogP contribution < -0.4 is 5.09 Å². The molecule has 2 aromatic carbocycles. The number of thioether (sulfide) groups is 2. The number of nitrogens with one attached hydrogen (secondary N) is 1. The predicted octanol–water partition coefficient (Wildman–Crippen LogP) is 17.9. The molecule has 0 saturated heterocycles. The second-order valence-corrected chi connectivity index (χ2v) is 23.6. The van der Waals surface area contributed by atoms with Gasteiger partial charge in [-0.05, 0) is 49.7 Å². The summed E-state index contributed by atoms with van der Waals surface area (Å²) in [5.74, 6) is 2.27. The molecule has 0 aliphatic rings. The second-order valence-electron chi connectivity index (χ2n) is 19.2. The molecule has 0 amide bonds. The Morgan fingerprint density at radius 1 is 0.508 bits per heavy atom. The van der Waals surface area contributed by atoms with E-state index < -0.39 is 7.75 Å². The fourth-order valence-electron chi connectivity index (χ4n) is 8.21. The van der Waals surface area contributed by atoms with Crippen LogP contribution >= 0.6 is 31.3 Å². The van der Waals surface area contributed by atoms with Crippen molar-refractivity contribution in [2.75, 3.05) is 40.4 Å². The van der Waals surface area contributed by atoms with E-state index in [0.29, 0.717) is 24.2 Å². The van der Waals surface area contributed by atoms with Gasteiger partial charge >= 0.3 is 7.75 Å². The third-order valence-corrected chi connectivity index (χ3v) is 16.8. The molecule has 0 bridgehead atoms. The van der Waals surface area contributed by atoms with Crippen LogP contribution in [0.15, 0.2) is 60.7 Å². The van der Waals surface area contributed by atoms with Crippen molar-refractivity contribution in [3.63, 3.8) is 0 Å². The SMILES string of the molecule is [CH2-][N+](C)(C)CCNP(=O)(OCCCCCCCCCC(CCCCCCCC)SCc1ccccc1)OCCCCCCCCC(CCCCCCCCC)SCc1ccccc1. The minimum Gasteiger partial charge on any atom is -0.461 e. The summed E-state index contributed by atoms with van der Waals surface area (Å²) in [7, 11) is 4.92. The number of unbranched alkanes of at least 4 members (excludes halogenated alkanes) is 22. The van der Waals surface area contributed by atoms with E-state index >= 15 is 0 Å². The zero-order chi connectivity index (χ0) is 45.4. The molecule has 0 aromatic heterocycles. The highest BCUT2D eigenvalue weighted by Crippen LogP contribution is 2.44. The Hall–Kier alpha value is -0.790. The Morgan fingerprint density at radius 3 is 1.16 bits per heavy atom. The molecule has 2 rings (SSSR count). The van der Waals surface area contributed by atoms with Gasteiger partial charge in [-0.2, -0.15) is 23.5 Å². The van der Waals surface area contributed by atoms with E-state index in [1.165, 1.54) is 178 Å². The van der Waals surface area contributed by atoms with Crippen molar-refractivity contribution in [2.24, 2.45) is 0 Å². The van der Waals surface area contributed by atoms with Crippen LogP contribution in [-0.4, -0.2) is 55.4 Å². The highest BCUT2D eigenvalue weighted by Gasteiger charge is 2.24. The first-order valence-corrected chi connectivity index (χ1v) is 30.0. The number of nitrogens with zero attached hydrogens (tertiary/aromatic N) is 1.